The highest BCUT2D eigenvalue weighted by Crippen LogP contribution is 2.46. The molecular formula is C36H42O8. The second-order valence-electron chi connectivity index (χ2n) is 12.0. The SMILES string of the molecule is COCO[C@@H]1[C@@H]2O[C@@H](CCC=O)[C@@H]3OC(C)(C)O[C@@H]3[C@@H]2O[C@@H]1CCOC(c1ccccc1)(c1ccccc1)c1ccccc1. The molecule has 7 atom stereocenters. The molecule has 8 heteroatoms. The quantitative estimate of drug-likeness (QED) is 0.146. The highest BCUT2D eigenvalue weighted by molar-refractivity contribution is 5.49. The van der Waals surface area contributed by atoms with E-state index in [9.17, 15) is 4.79 Å². The van der Waals surface area contributed by atoms with E-state index >= 15 is 0 Å². The molecule has 0 saturated carbocycles. The summed E-state index contributed by atoms with van der Waals surface area (Å²) in [4.78, 5) is 11.3. The fourth-order valence-corrected chi connectivity index (χ4v) is 6.95. The van der Waals surface area contributed by atoms with Gasteiger partial charge in [0.1, 0.15) is 49.2 Å². The first-order valence-corrected chi connectivity index (χ1v) is 15.5. The summed E-state index contributed by atoms with van der Waals surface area (Å²) in [6.45, 7) is 4.26. The van der Waals surface area contributed by atoms with E-state index in [4.69, 9.17) is 33.2 Å². The van der Waals surface area contributed by atoms with Crippen LogP contribution in [0.25, 0.3) is 0 Å². The molecule has 0 unspecified atom stereocenters. The third-order valence-electron chi connectivity index (χ3n) is 8.74. The van der Waals surface area contributed by atoms with Crippen molar-refractivity contribution in [3.8, 4) is 0 Å². The molecule has 3 heterocycles. The van der Waals surface area contributed by atoms with Crippen LogP contribution in [0.2, 0.25) is 0 Å². The van der Waals surface area contributed by atoms with Crippen molar-refractivity contribution in [2.75, 3.05) is 20.5 Å². The molecule has 6 rings (SSSR count). The van der Waals surface area contributed by atoms with Crippen molar-refractivity contribution in [3.63, 3.8) is 0 Å². The predicted octanol–water partition coefficient (Wildman–Crippen LogP) is 5.41. The van der Waals surface area contributed by atoms with Gasteiger partial charge in [-0.15, -0.1) is 0 Å². The number of methoxy groups -OCH3 is 1. The summed E-state index contributed by atoms with van der Waals surface area (Å²) >= 11 is 0. The van der Waals surface area contributed by atoms with E-state index < -0.39 is 29.7 Å². The number of fused-ring (bicyclic) bond motifs is 3. The summed E-state index contributed by atoms with van der Waals surface area (Å²) in [6.07, 6.45) is -0.230. The first-order valence-electron chi connectivity index (χ1n) is 15.5. The van der Waals surface area contributed by atoms with Crippen molar-refractivity contribution in [2.45, 2.75) is 87.2 Å². The molecule has 3 saturated heterocycles. The average molecular weight is 603 g/mol. The molecule has 0 bridgehead atoms. The van der Waals surface area contributed by atoms with Gasteiger partial charge in [-0.25, -0.2) is 0 Å². The Morgan fingerprint density at radius 3 is 1.82 bits per heavy atom. The fourth-order valence-electron chi connectivity index (χ4n) is 6.95. The van der Waals surface area contributed by atoms with E-state index in [2.05, 4.69) is 36.4 Å². The highest BCUT2D eigenvalue weighted by Gasteiger charge is 2.61. The lowest BCUT2D eigenvalue weighted by molar-refractivity contribution is -0.194. The monoisotopic (exact) mass is 602 g/mol. The van der Waals surface area contributed by atoms with Gasteiger partial charge < -0.3 is 38.0 Å². The van der Waals surface area contributed by atoms with Crippen molar-refractivity contribution in [1.82, 2.24) is 0 Å². The van der Waals surface area contributed by atoms with E-state index in [0.29, 0.717) is 25.9 Å². The van der Waals surface area contributed by atoms with Gasteiger partial charge >= 0.3 is 0 Å². The first-order chi connectivity index (χ1) is 21.5. The van der Waals surface area contributed by atoms with E-state index in [1.54, 1.807) is 7.11 Å². The molecule has 234 valence electrons. The second kappa shape index (κ2) is 13.6. The minimum absolute atomic E-state index is 0.0932. The standard InChI is InChI=1S/C36H42O8/c1-35(2)43-31-28(20-13-22-37)41-32-30(39-24-38-3)29(42-33(32)34(31)44-35)21-23-40-36(25-14-7-4-8-15-25,26-16-9-5-10-17-26)27-18-11-6-12-19-27/h4-12,14-19,22,28-34H,13,20-21,23-24H2,1-3H3/t28-,29+,30-,31-,32-,33+,34-/m0/s1. The number of hydrogen-bond acceptors (Lipinski definition) is 8. The van der Waals surface area contributed by atoms with E-state index in [1.807, 2.05) is 68.4 Å². The zero-order chi connectivity index (χ0) is 30.6. The van der Waals surface area contributed by atoms with E-state index in [-0.39, 0.29) is 31.2 Å². The summed E-state index contributed by atoms with van der Waals surface area (Å²) in [7, 11) is 1.60. The van der Waals surface area contributed by atoms with Crippen LogP contribution in [0.1, 0.15) is 49.8 Å². The molecule has 0 N–H and O–H groups in total. The summed E-state index contributed by atoms with van der Waals surface area (Å²) in [5, 5.41) is 0. The third-order valence-corrected chi connectivity index (χ3v) is 8.74. The molecule has 0 aliphatic carbocycles. The van der Waals surface area contributed by atoms with Crippen molar-refractivity contribution in [2.24, 2.45) is 0 Å². The van der Waals surface area contributed by atoms with Crippen LogP contribution in [0.15, 0.2) is 91.0 Å². The van der Waals surface area contributed by atoms with Crippen LogP contribution in [0.4, 0.5) is 0 Å². The third kappa shape index (κ3) is 6.13. The number of carbonyl (C=O) groups excluding carboxylic acids is 1. The van der Waals surface area contributed by atoms with Gasteiger partial charge in [-0.3, -0.25) is 0 Å². The molecule has 3 aromatic carbocycles. The van der Waals surface area contributed by atoms with Crippen LogP contribution in [0.3, 0.4) is 0 Å². The number of aldehydes is 1. The Morgan fingerprint density at radius 2 is 1.27 bits per heavy atom. The Morgan fingerprint density at radius 1 is 0.727 bits per heavy atom. The predicted molar refractivity (Wildman–Crippen MR) is 163 cm³/mol. The summed E-state index contributed by atoms with van der Waals surface area (Å²) in [6, 6.07) is 30.9. The Labute approximate surface area is 259 Å². The molecule has 44 heavy (non-hydrogen) atoms. The lowest BCUT2D eigenvalue weighted by atomic mass is 9.80. The summed E-state index contributed by atoms with van der Waals surface area (Å²) in [5.41, 5.74) is 2.27. The molecule has 0 spiro atoms. The van der Waals surface area contributed by atoms with E-state index in [0.717, 1.165) is 23.0 Å². The number of hydrogen-bond donors (Lipinski definition) is 0. The fraction of sp³-hybridized carbons (Fsp3) is 0.472. The van der Waals surface area contributed by atoms with Gasteiger partial charge in [-0.2, -0.15) is 0 Å². The lowest BCUT2D eigenvalue weighted by Gasteiger charge is -2.39. The zero-order valence-corrected chi connectivity index (χ0v) is 25.6. The van der Waals surface area contributed by atoms with Crippen LogP contribution in [-0.2, 0) is 43.6 Å². The van der Waals surface area contributed by atoms with Crippen molar-refractivity contribution in [3.05, 3.63) is 108 Å². The lowest BCUT2D eigenvalue weighted by Crippen LogP contribution is -2.57. The van der Waals surface area contributed by atoms with Crippen LogP contribution in [-0.4, -0.2) is 75.3 Å². The highest BCUT2D eigenvalue weighted by atomic mass is 16.8. The maximum atomic E-state index is 11.3. The van der Waals surface area contributed by atoms with Gasteiger partial charge in [0.05, 0.1) is 18.8 Å². The summed E-state index contributed by atoms with van der Waals surface area (Å²) < 4.78 is 44.5. The Kier molecular flexibility index (Phi) is 9.59. The molecule has 3 aliphatic rings. The van der Waals surface area contributed by atoms with Crippen molar-refractivity contribution < 1.29 is 38.0 Å². The number of ether oxygens (including phenoxy) is 7. The maximum Gasteiger partial charge on any atom is 0.164 e. The average Bonchev–Trinajstić information content (AvgIpc) is 3.57. The van der Waals surface area contributed by atoms with Gasteiger partial charge in [-0.05, 0) is 43.4 Å². The van der Waals surface area contributed by atoms with Crippen molar-refractivity contribution >= 4 is 6.29 Å². The van der Waals surface area contributed by atoms with Crippen LogP contribution < -0.4 is 0 Å². The van der Waals surface area contributed by atoms with Gasteiger partial charge in [0, 0.05) is 13.5 Å². The number of benzene rings is 3. The number of rotatable bonds is 13. The molecule has 3 aromatic rings. The number of carbonyl (C=O) groups is 1. The molecule has 0 aromatic heterocycles. The smallest absolute Gasteiger partial charge is 0.164 e. The topological polar surface area (TPSA) is 81.7 Å². The van der Waals surface area contributed by atoms with Crippen LogP contribution in [0, 0.1) is 0 Å². The zero-order valence-electron chi connectivity index (χ0n) is 25.6. The molecular weight excluding hydrogens is 560 g/mol. The Bertz CT molecular complexity index is 1240. The first kappa shape index (κ1) is 31.0. The molecule has 8 nitrogen and oxygen atoms in total. The molecule has 3 fully saturated rings. The second-order valence-corrected chi connectivity index (χ2v) is 12.0. The normalized spacial score (nSPS) is 29.2. The van der Waals surface area contributed by atoms with Gasteiger partial charge in [0.2, 0.25) is 0 Å². The van der Waals surface area contributed by atoms with Crippen LogP contribution in [0.5, 0.6) is 0 Å². The van der Waals surface area contributed by atoms with Crippen LogP contribution >= 0.6 is 0 Å². The Hall–Kier alpha value is -2.95. The molecule has 0 radical (unpaired) electrons. The van der Waals surface area contributed by atoms with Gasteiger partial charge in [0.25, 0.3) is 0 Å². The maximum absolute atomic E-state index is 11.3. The largest absolute Gasteiger partial charge is 0.367 e. The van der Waals surface area contributed by atoms with Gasteiger partial charge in [0.15, 0.2) is 5.79 Å². The van der Waals surface area contributed by atoms with Gasteiger partial charge in [-0.1, -0.05) is 91.0 Å². The Balaban J connectivity index is 1.28. The summed E-state index contributed by atoms with van der Waals surface area (Å²) in [5.74, 6) is -0.791. The van der Waals surface area contributed by atoms with E-state index in [1.165, 1.54) is 0 Å². The van der Waals surface area contributed by atoms with Crippen molar-refractivity contribution in [1.29, 1.82) is 0 Å². The minimum atomic E-state index is -0.841. The molecule has 3 aliphatic heterocycles. The molecule has 0 amide bonds. The minimum Gasteiger partial charge on any atom is -0.367 e.